The lowest BCUT2D eigenvalue weighted by molar-refractivity contribution is 0.162. The molecule has 2 aromatic rings. The number of nitrogens with zero attached hydrogens (tertiary/aromatic N) is 3. The first-order chi connectivity index (χ1) is 13.5. The molecule has 7 heteroatoms. The van der Waals surface area contributed by atoms with Gasteiger partial charge in [-0.1, -0.05) is 30.3 Å². The van der Waals surface area contributed by atoms with Crippen molar-refractivity contribution < 1.29 is 13.2 Å². The minimum Gasteiger partial charge on any atom is -0.497 e. The molecule has 0 atom stereocenters. The Kier molecular flexibility index (Phi) is 6.34. The third-order valence-electron chi connectivity index (χ3n) is 4.73. The van der Waals surface area contributed by atoms with Gasteiger partial charge in [0.05, 0.1) is 12.0 Å². The summed E-state index contributed by atoms with van der Waals surface area (Å²) < 4.78 is 30.6. The maximum atomic E-state index is 12.8. The quantitative estimate of drug-likeness (QED) is 0.698. The number of ether oxygens (including phenoxy) is 1. The predicted octanol–water partition coefficient (Wildman–Crippen LogP) is 2.65. The molecular formula is C21H23N3O3S. The topological polar surface area (TPSA) is 73.6 Å². The van der Waals surface area contributed by atoms with E-state index < -0.39 is 9.84 Å². The second-order valence-electron chi connectivity index (χ2n) is 6.58. The molecule has 28 heavy (non-hydrogen) atoms. The van der Waals surface area contributed by atoms with E-state index in [4.69, 9.17) is 4.74 Å². The summed E-state index contributed by atoms with van der Waals surface area (Å²) in [7, 11) is -2.33. The van der Waals surface area contributed by atoms with Gasteiger partial charge in [0.1, 0.15) is 11.8 Å². The van der Waals surface area contributed by atoms with Crippen LogP contribution in [0.4, 0.5) is 0 Å². The van der Waals surface area contributed by atoms with Crippen LogP contribution in [0.25, 0.3) is 0 Å². The number of benzene rings is 2. The summed E-state index contributed by atoms with van der Waals surface area (Å²) in [6.45, 7) is 3.85. The molecule has 0 unspecified atom stereocenters. The van der Waals surface area contributed by atoms with E-state index in [-0.39, 0.29) is 9.80 Å². The third kappa shape index (κ3) is 4.71. The van der Waals surface area contributed by atoms with Gasteiger partial charge in [0.15, 0.2) is 4.91 Å². The fourth-order valence-electron chi connectivity index (χ4n) is 3.10. The molecule has 0 saturated carbocycles. The van der Waals surface area contributed by atoms with Crippen molar-refractivity contribution in [2.45, 2.75) is 11.4 Å². The Balaban J connectivity index is 1.67. The second kappa shape index (κ2) is 8.91. The van der Waals surface area contributed by atoms with Crippen LogP contribution in [-0.2, 0) is 16.4 Å². The fourth-order valence-corrected chi connectivity index (χ4v) is 4.25. The summed E-state index contributed by atoms with van der Waals surface area (Å²) in [6.07, 6.45) is 1.47. The van der Waals surface area contributed by atoms with Crippen molar-refractivity contribution >= 4 is 9.84 Å². The molecule has 0 bridgehead atoms. The zero-order valence-corrected chi connectivity index (χ0v) is 16.6. The second-order valence-corrected chi connectivity index (χ2v) is 8.50. The summed E-state index contributed by atoms with van der Waals surface area (Å²) in [4.78, 5) is 4.07. The van der Waals surface area contributed by atoms with Crippen LogP contribution in [0.2, 0.25) is 0 Å². The monoisotopic (exact) mass is 397 g/mol. The molecule has 1 aliphatic rings. The normalized spacial score (nSPS) is 15.9. The van der Waals surface area contributed by atoms with Crippen LogP contribution >= 0.6 is 0 Å². The SMILES string of the molecule is COc1ccc(S(=O)(=O)/C(C#N)=C/N2CCN(Cc3ccccc3)CC2)cc1. The van der Waals surface area contributed by atoms with Crippen LogP contribution in [0.1, 0.15) is 5.56 Å². The standard InChI is InChI=1S/C21H23N3O3S/c1-27-19-7-9-20(10-8-19)28(25,26)21(15-22)17-24-13-11-23(12-14-24)16-18-5-3-2-4-6-18/h2-10,17H,11-14,16H2,1H3/b21-17+. The first-order valence-corrected chi connectivity index (χ1v) is 10.5. The summed E-state index contributed by atoms with van der Waals surface area (Å²) >= 11 is 0. The number of hydrogen-bond acceptors (Lipinski definition) is 6. The Morgan fingerprint density at radius 2 is 1.71 bits per heavy atom. The summed E-state index contributed by atoms with van der Waals surface area (Å²) in [5.74, 6) is 0.566. The van der Waals surface area contributed by atoms with Crippen LogP contribution in [-0.4, -0.2) is 51.5 Å². The molecular weight excluding hydrogens is 374 g/mol. The molecule has 0 radical (unpaired) electrons. The molecule has 3 rings (SSSR count). The van der Waals surface area contributed by atoms with E-state index in [1.165, 1.54) is 31.0 Å². The lowest BCUT2D eigenvalue weighted by atomic mass is 10.2. The van der Waals surface area contributed by atoms with Gasteiger partial charge in [-0.05, 0) is 29.8 Å². The van der Waals surface area contributed by atoms with E-state index in [1.807, 2.05) is 29.2 Å². The maximum Gasteiger partial charge on any atom is 0.218 e. The highest BCUT2D eigenvalue weighted by Crippen LogP contribution is 2.22. The van der Waals surface area contributed by atoms with Gasteiger partial charge in [-0.2, -0.15) is 5.26 Å². The maximum absolute atomic E-state index is 12.8. The molecule has 0 amide bonds. The number of methoxy groups -OCH3 is 1. The van der Waals surface area contributed by atoms with Crippen LogP contribution in [0.5, 0.6) is 5.75 Å². The molecule has 1 saturated heterocycles. The van der Waals surface area contributed by atoms with E-state index in [9.17, 15) is 13.7 Å². The summed E-state index contributed by atoms with van der Waals surface area (Å²) in [5.41, 5.74) is 1.26. The van der Waals surface area contributed by atoms with Crippen LogP contribution < -0.4 is 4.74 Å². The summed E-state index contributed by atoms with van der Waals surface area (Å²) in [5, 5.41) is 9.44. The Labute approximate surface area is 166 Å². The fraction of sp³-hybridized carbons (Fsp3) is 0.286. The first-order valence-electron chi connectivity index (χ1n) is 9.04. The van der Waals surface area contributed by atoms with E-state index in [2.05, 4.69) is 17.0 Å². The zero-order chi connectivity index (χ0) is 20.0. The Morgan fingerprint density at radius 1 is 1.07 bits per heavy atom. The average Bonchev–Trinajstić information content (AvgIpc) is 2.74. The van der Waals surface area contributed by atoms with Gasteiger partial charge in [0.2, 0.25) is 9.84 Å². The van der Waals surface area contributed by atoms with Crippen LogP contribution in [0, 0.1) is 11.3 Å². The van der Waals surface area contributed by atoms with Crippen LogP contribution in [0.3, 0.4) is 0 Å². The molecule has 1 fully saturated rings. The Morgan fingerprint density at radius 3 is 2.29 bits per heavy atom. The van der Waals surface area contributed by atoms with Gasteiger partial charge < -0.3 is 9.64 Å². The molecule has 0 spiro atoms. The number of hydrogen-bond donors (Lipinski definition) is 0. The van der Waals surface area contributed by atoms with Crippen molar-refractivity contribution in [3.63, 3.8) is 0 Å². The largest absolute Gasteiger partial charge is 0.497 e. The number of sulfone groups is 1. The van der Waals surface area contributed by atoms with Gasteiger partial charge in [-0.3, -0.25) is 4.90 Å². The van der Waals surface area contributed by atoms with Gasteiger partial charge in [0.25, 0.3) is 0 Å². The number of piperazine rings is 1. The zero-order valence-electron chi connectivity index (χ0n) is 15.8. The number of nitriles is 1. The van der Waals surface area contributed by atoms with Crippen molar-refractivity contribution in [3.8, 4) is 11.8 Å². The van der Waals surface area contributed by atoms with Crippen LogP contribution in [0.15, 0.2) is 70.6 Å². The Bertz CT molecular complexity index is 956. The lowest BCUT2D eigenvalue weighted by Crippen LogP contribution is -2.43. The van der Waals surface area contributed by atoms with E-state index in [0.29, 0.717) is 18.8 Å². The molecule has 1 heterocycles. The molecule has 6 nitrogen and oxygen atoms in total. The number of rotatable bonds is 6. The van der Waals surface area contributed by atoms with Crippen molar-refractivity contribution in [2.24, 2.45) is 0 Å². The molecule has 2 aromatic carbocycles. The van der Waals surface area contributed by atoms with E-state index >= 15 is 0 Å². The first kappa shape index (κ1) is 19.9. The molecule has 0 aliphatic carbocycles. The lowest BCUT2D eigenvalue weighted by Gasteiger charge is -2.34. The van der Waals surface area contributed by atoms with E-state index in [0.717, 1.165) is 19.6 Å². The number of allylic oxidation sites excluding steroid dienone is 1. The molecule has 146 valence electrons. The van der Waals surface area contributed by atoms with Gasteiger partial charge in [-0.15, -0.1) is 0 Å². The van der Waals surface area contributed by atoms with Crippen molar-refractivity contribution in [3.05, 3.63) is 71.3 Å². The molecule has 1 aliphatic heterocycles. The van der Waals surface area contributed by atoms with Crippen molar-refractivity contribution in [1.82, 2.24) is 9.80 Å². The predicted molar refractivity (Wildman–Crippen MR) is 107 cm³/mol. The van der Waals surface area contributed by atoms with E-state index in [1.54, 1.807) is 12.1 Å². The van der Waals surface area contributed by atoms with Crippen molar-refractivity contribution in [1.29, 1.82) is 5.26 Å². The molecule has 0 aromatic heterocycles. The highest BCUT2D eigenvalue weighted by molar-refractivity contribution is 7.95. The third-order valence-corrected chi connectivity index (χ3v) is 6.39. The van der Waals surface area contributed by atoms with Crippen molar-refractivity contribution in [2.75, 3.05) is 33.3 Å². The minimum absolute atomic E-state index is 0.0869. The summed E-state index contributed by atoms with van der Waals surface area (Å²) in [6, 6.07) is 18.2. The van der Waals surface area contributed by atoms with Gasteiger partial charge in [-0.25, -0.2) is 8.42 Å². The highest BCUT2D eigenvalue weighted by atomic mass is 32.2. The van der Waals surface area contributed by atoms with Gasteiger partial charge in [0, 0.05) is 38.9 Å². The van der Waals surface area contributed by atoms with Gasteiger partial charge >= 0.3 is 0 Å². The smallest absolute Gasteiger partial charge is 0.218 e. The minimum atomic E-state index is -3.85. The highest BCUT2D eigenvalue weighted by Gasteiger charge is 2.23. The average molecular weight is 398 g/mol. The Hall–Kier alpha value is -2.82. The molecule has 0 N–H and O–H groups in total.